The third-order valence-corrected chi connectivity index (χ3v) is 4.04. The fourth-order valence-electron chi connectivity index (χ4n) is 2.71. The Morgan fingerprint density at radius 2 is 1.94 bits per heavy atom. The smallest absolute Gasteiger partial charge is 0.230 e. The molecule has 1 saturated heterocycles. The van der Waals surface area contributed by atoms with Crippen LogP contribution >= 0.6 is 0 Å². The normalized spacial score (nSPS) is 28.8. The Kier molecular flexibility index (Phi) is 4.07. The molecule has 0 atom stereocenters. The molecule has 2 aliphatic heterocycles. The number of likely N-dealkylation sites (tertiary alicyclic amines) is 1. The van der Waals surface area contributed by atoms with Crippen molar-refractivity contribution < 1.29 is 4.79 Å². The molecule has 2 aliphatic rings. The molecule has 0 aliphatic carbocycles. The molecule has 0 unspecified atom stereocenters. The van der Waals surface area contributed by atoms with E-state index in [0.717, 1.165) is 32.4 Å². The van der Waals surface area contributed by atoms with Crippen molar-refractivity contribution in [2.24, 2.45) is 5.41 Å². The summed E-state index contributed by atoms with van der Waals surface area (Å²) in [5.41, 5.74) is -0.190. The predicted octanol–water partition coefficient (Wildman–Crippen LogP) is 1.18. The largest absolute Gasteiger partial charge is 0.374 e. The van der Waals surface area contributed by atoms with Crippen molar-refractivity contribution in [2.75, 3.05) is 33.9 Å². The lowest BCUT2D eigenvalue weighted by Gasteiger charge is -2.41. The highest BCUT2D eigenvalue weighted by Crippen LogP contribution is 2.37. The van der Waals surface area contributed by atoms with Gasteiger partial charge >= 0.3 is 0 Å². The molecule has 1 amide bonds. The van der Waals surface area contributed by atoms with E-state index in [1.165, 1.54) is 0 Å². The van der Waals surface area contributed by atoms with Gasteiger partial charge in [0.1, 0.15) is 0 Å². The molecule has 4 nitrogen and oxygen atoms in total. The van der Waals surface area contributed by atoms with Crippen LogP contribution in [0.1, 0.15) is 19.3 Å². The summed E-state index contributed by atoms with van der Waals surface area (Å²) in [5, 5.41) is 3.13. The molecule has 0 radical (unpaired) electrons. The molecule has 4 heteroatoms. The number of nitrogens with one attached hydrogen (secondary N) is 1. The summed E-state index contributed by atoms with van der Waals surface area (Å²) in [5.74, 6) is 0.281. The number of piperidine rings is 1. The summed E-state index contributed by atoms with van der Waals surface area (Å²) >= 11 is 0. The summed E-state index contributed by atoms with van der Waals surface area (Å²) in [7, 11) is 4.01. The van der Waals surface area contributed by atoms with Crippen LogP contribution in [0.25, 0.3) is 0 Å². The Morgan fingerprint density at radius 3 is 2.67 bits per heavy atom. The Labute approximate surface area is 109 Å². The fraction of sp³-hybridized carbons (Fsp3) is 0.643. The Morgan fingerprint density at radius 1 is 1.22 bits per heavy atom. The average Bonchev–Trinajstić information content (AvgIpc) is 2.38. The number of hydrogen-bond donors (Lipinski definition) is 1. The van der Waals surface area contributed by atoms with E-state index in [1.54, 1.807) is 0 Å². The zero-order valence-electron chi connectivity index (χ0n) is 11.4. The maximum Gasteiger partial charge on any atom is 0.230 e. The molecule has 0 aromatic rings. The molecule has 18 heavy (non-hydrogen) atoms. The molecule has 2 heterocycles. The summed E-state index contributed by atoms with van der Waals surface area (Å²) in [4.78, 5) is 16.8. The van der Waals surface area contributed by atoms with Crippen molar-refractivity contribution in [1.29, 1.82) is 0 Å². The number of carbonyl (C=O) groups excluding carboxylic acids is 1. The number of rotatable bonds is 0. The van der Waals surface area contributed by atoms with Crippen molar-refractivity contribution in [3.8, 4) is 0 Å². The van der Waals surface area contributed by atoms with Crippen LogP contribution in [0.15, 0.2) is 24.4 Å². The van der Waals surface area contributed by atoms with Crippen LogP contribution in [0.3, 0.4) is 0 Å². The van der Waals surface area contributed by atoms with Gasteiger partial charge in [-0.2, -0.15) is 0 Å². The topological polar surface area (TPSA) is 35.6 Å². The average molecular weight is 249 g/mol. The molecule has 1 N–H and O–H groups in total. The van der Waals surface area contributed by atoms with E-state index >= 15 is 0 Å². The van der Waals surface area contributed by atoms with Crippen LogP contribution < -0.4 is 5.32 Å². The quantitative estimate of drug-likeness (QED) is 0.700. The van der Waals surface area contributed by atoms with Crippen molar-refractivity contribution >= 4 is 5.91 Å². The summed E-state index contributed by atoms with van der Waals surface area (Å²) in [6, 6.07) is 0. The van der Waals surface area contributed by atoms with Crippen LogP contribution in [0.4, 0.5) is 0 Å². The van der Waals surface area contributed by atoms with Crippen LogP contribution in [0.2, 0.25) is 0 Å². The van der Waals surface area contributed by atoms with Gasteiger partial charge in [0.05, 0.1) is 12.1 Å². The minimum atomic E-state index is -0.190. The van der Waals surface area contributed by atoms with Crippen molar-refractivity contribution in [3.05, 3.63) is 24.4 Å². The fourth-order valence-corrected chi connectivity index (χ4v) is 2.71. The maximum absolute atomic E-state index is 12.7. The van der Waals surface area contributed by atoms with Gasteiger partial charge in [0.25, 0.3) is 0 Å². The second kappa shape index (κ2) is 5.57. The third kappa shape index (κ3) is 2.75. The highest BCUT2D eigenvalue weighted by Gasteiger charge is 2.41. The molecule has 2 rings (SSSR count). The van der Waals surface area contributed by atoms with Gasteiger partial charge in [-0.15, -0.1) is 0 Å². The Balaban J connectivity index is 2.19. The zero-order valence-corrected chi connectivity index (χ0v) is 11.4. The van der Waals surface area contributed by atoms with Gasteiger partial charge in [0.15, 0.2) is 0 Å². The van der Waals surface area contributed by atoms with Crippen molar-refractivity contribution in [2.45, 2.75) is 19.3 Å². The highest BCUT2D eigenvalue weighted by molar-refractivity contribution is 5.83. The molecular weight excluding hydrogens is 226 g/mol. The predicted molar refractivity (Wildman–Crippen MR) is 72.8 cm³/mol. The molecule has 1 fully saturated rings. The van der Waals surface area contributed by atoms with Crippen molar-refractivity contribution in [1.82, 2.24) is 15.1 Å². The SMILES string of the molecule is CN1CCC2(C/C=C\C=C/NCN(C)C2=O)CC1. The first kappa shape index (κ1) is 13.1. The Hall–Kier alpha value is -1.29. The van der Waals surface area contributed by atoms with Gasteiger partial charge in [-0.1, -0.05) is 12.2 Å². The molecule has 0 aromatic heterocycles. The van der Waals surface area contributed by atoms with Crippen LogP contribution in [-0.4, -0.2) is 49.6 Å². The van der Waals surface area contributed by atoms with Crippen LogP contribution in [-0.2, 0) is 4.79 Å². The minimum absolute atomic E-state index is 0.190. The first-order valence-electron chi connectivity index (χ1n) is 6.63. The van der Waals surface area contributed by atoms with E-state index in [0.29, 0.717) is 6.67 Å². The first-order valence-corrected chi connectivity index (χ1v) is 6.63. The zero-order chi connectivity index (χ0) is 13.0. The maximum atomic E-state index is 12.7. The number of hydrogen-bond acceptors (Lipinski definition) is 3. The van der Waals surface area contributed by atoms with Crippen LogP contribution in [0, 0.1) is 5.41 Å². The molecule has 0 aromatic carbocycles. The lowest BCUT2D eigenvalue weighted by molar-refractivity contribution is -0.143. The lowest BCUT2D eigenvalue weighted by Crippen LogP contribution is -2.49. The van der Waals surface area contributed by atoms with E-state index in [9.17, 15) is 4.79 Å². The molecule has 0 saturated carbocycles. The van der Waals surface area contributed by atoms with Crippen LogP contribution in [0.5, 0.6) is 0 Å². The molecule has 100 valence electrons. The monoisotopic (exact) mass is 249 g/mol. The molecular formula is C14H23N3O. The summed E-state index contributed by atoms with van der Waals surface area (Å²) < 4.78 is 0. The lowest BCUT2D eigenvalue weighted by atomic mass is 9.74. The second-order valence-electron chi connectivity index (χ2n) is 5.44. The second-order valence-corrected chi connectivity index (χ2v) is 5.44. The van der Waals surface area contributed by atoms with Gasteiger partial charge in [-0.25, -0.2) is 0 Å². The van der Waals surface area contributed by atoms with Crippen molar-refractivity contribution in [3.63, 3.8) is 0 Å². The number of nitrogens with zero attached hydrogens (tertiary/aromatic N) is 2. The minimum Gasteiger partial charge on any atom is -0.374 e. The standard InChI is InChI=1S/C14H23N3O/c1-16-10-7-14(8-11-16)6-4-3-5-9-15-12-17(2)13(14)18/h3-5,9,15H,6-8,10-12H2,1-2H3/b4-3-,9-5-. The van der Waals surface area contributed by atoms with Gasteiger partial charge in [0, 0.05) is 7.05 Å². The van der Waals surface area contributed by atoms with Gasteiger partial charge in [-0.3, -0.25) is 4.79 Å². The van der Waals surface area contributed by atoms with E-state index < -0.39 is 0 Å². The highest BCUT2D eigenvalue weighted by atomic mass is 16.2. The van der Waals surface area contributed by atoms with E-state index in [-0.39, 0.29) is 11.3 Å². The number of allylic oxidation sites excluding steroid dienone is 3. The summed E-state index contributed by atoms with van der Waals surface area (Å²) in [6.45, 7) is 2.61. The van der Waals surface area contributed by atoms with E-state index in [1.807, 2.05) is 30.3 Å². The van der Waals surface area contributed by atoms with Gasteiger partial charge in [-0.05, 0) is 51.7 Å². The third-order valence-electron chi connectivity index (χ3n) is 4.04. The summed E-state index contributed by atoms with van der Waals surface area (Å²) in [6.07, 6.45) is 10.8. The van der Waals surface area contributed by atoms with E-state index in [4.69, 9.17) is 0 Å². The number of amides is 1. The molecule has 0 bridgehead atoms. The number of carbonyl (C=O) groups is 1. The van der Waals surface area contributed by atoms with Gasteiger partial charge in [0.2, 0.25) is 5.91 Å². The Bertz CT molecular complexity index is 354. The van der Waals surface area contributed by atoms with Gasteiger partial charge < -0.3 is 15.1 Å². The first-order chi connectivity index (χ1) is 8.64. The van der Waals surface area contributed by atoms with E-state index in [2.05, 4.69) is 23.3 Å². The molecule has 1 spiro atoms.